The van der Waals surface area contributed by atoms with Crippen molar-refractivity contribution in [1.82, 2.24) is 10.3 Å². The van der Waals surface area contributed by atoms with Gasteiger partial charge in [0.1, 0.15) is 0 Å². The Morgan fingerprint density at radius 3 is 2.86 bits per heavy atom. The van der Waals surface area contributed by atoms with Gasteiger partial charge >= 0.3 is 0 Å². The predicted molar refractivity (Wildman–Crippen MR) is 68.7 cm³/mol. The zero-order chi connectivity index (χ0) is 10.6. The Kier molecular flexibility index (Phi) is 4.49. The van der Waals surface area contributed by atoms with Crippen LogP contribution >= 0.6 is 30.7 Å². The summed E-state index contributed by atoms with van der Waals surface area (Å²) in [5.74, 6) is 5.90. The molecule has 0 aromatic heterocycles. The molecule has 2 unspecified atom stereocenters. The number of halogens is 1. The summed E-state index contributed by atoms with van der Waals surface area (Å²) in [5.41, 5.74) is 3.58. The van der Waals surface area contributed by atoms with Gasteiger partial charge in [0.25, 0.3) is 0 Å². The van der Waals surface area contributed by atoms with E-state index in [0.717, 1.165) is 11.0 Å². The van der Waals surface area contributed by atoms with Crippen molar-refractivity contribution in [2.45, 2.75) is 0 Å². The number of quaternary nitrogens is 1. The third-order valence-electron chi connectivity index (χ3n) is 1.73. The second kappa shape index (κ2) is 5.20. The van der Waals surface area contributed by atoms with E-state index in [-0.39, 0.29) is 4.86 Å². The van der Waals surface area contributed by atoms with Crippen LogP contribution in [0.3, 0.4) is 0 Å². The van der Waals surface area contributed by atoms with E-state index < -0.39 is 21.4 Å². The van der Waals surface area contributed by atoms with E-state index in [1.807, 2.05) is 24.3 Å². The largest absolute Gasteiger partial charge is 0.249 e. The van der Waals surface area contributed by atoms with Gasteiger partial charge in [0, 0.05) is 24.0 Å². The summed E-state index contributed by atoms with van der Waals surface area (Å²) in [4.78, 5) is -0.348. The molecular weight excluding hydrogens is 314 g/mol. The second-order valence-corrected chi connectivity index (χ2v) is 4.12. The summed E-state index contributed by atoms with van der Waals surface area (Å²) in [6.07, 6.45) is 0. The van der Waals surface area contributed by atoms with E-state index >= 15 is 0 Å². The van der Waals surface area contributed by atoms with Crippen molar-refractivity contribution in [3.05, 3.63) is 24.3 Å². The molecule has 0 aliphatic heterocycles. The van der Waals surface area contributed by atoms with Gasteiger partial charge in [0.15, 0.2) is 0 Å². The molecule has 4 N–H and O–H groups in total. The number of benzene rings is 1. The highest BCUT2D eigenvalue weighted by atomic mass is 127. The fraction of sp³-hybridized carbons (Fsp3) is 0.143. The van der Waals surface area contributed by atoms with Gasteiger partial charge < -0.3 is 0 Å². The van der Waals surface area contributed by atoms with Crippen LogP contribution in [0.25, 0.3) is 0 Å². The van der Waals surface area contributed by atoms with Crippen molar-refractivity contribution in [2.24, 2.45) is 5.84 Å². The lowest BCUT2D eigenvalue weighted by Gasteiger charge is -2.24. The van der Waals surface area contributed by atoms with Gasteiger partial charge in [-0.25, -0.2) is 3.56 Å². The fourth-order valence-electron chi connectivity index (χ4n) is 0.989. The molecule has 1 aromatic carbocycles. The van der Waals surface area contributed by atoms with Crippen LogP contribution in [0, 0.1) is 3.56 Å². The normalized spacial score (nSPS) is 15.1. The van der Waals surface area contributed by atoms with E-state index in [0.29, 0.717) is 0 Å². The summed E-state index contributed by atoms with van der Waals surface area (Å²) in [5, 5.41) is 1.03. The fourth-order valence-corrected chi connectivity index (χ4v) is 2.01. The van der Waals surface area contributed by atoms with E-state index in [2.05, 4.69) is 14.7 Å². The summed E-state index contributed by atoms with van der Waals surface area (Å²) in [6.45, 7) is 0. The highest BCUT2D eigenvalue weighted by Crippen LogP contribution is 2.19. The molecular formula is C7H13IN4OP+. The quantitative estimate of drug-likeness (QED) is 0.255. The maximum Gasteiger partial charge on any atom is 0.235 e. The Labute approximate surface area is 95.8 Å². The Morgan fingerprint density at radius 1 is 1.64 bits per heavy atom. The van der Waals surface area contributed by atoms with Gasteiger partial charge in [0.05, 0.1) is 0 Å². The lowest BCUT2D eigenvalue weighted by Crippen LogP contribution is -2.62. The molecule has 2 atom stereocenters. The first kappa shape index (κ1) is 12.1. The zero-order valence-corrected chi connectivity index (χ0v) is 11.0. The summed E-state index contributed by atoms with van der Waals surface area (Å²) in [6, 6.07) is 7.58. The molecule has 1 aromatic rings. The monoisotopic (exact) mass is 327 g/mol. The molecule has 0 fully saturated rings. The Morgan fingerprint density at radius 2 is 2.36 bits per heavy atom. The molecule has 0 aliphatic carbocycles. The molecule has 14 heavy (non-hydrogen) atoms. The van der Waals surface area contributed by atoms with Crippen molar-refractivity contribution in [3.63, 3.8) is 0 Å². The van der Waals surface area contributed by atoms with Crippen molar-refractivity contribution in [1.29, 1.82) is 3.56 Å². The number of nitrogens with one attached hydrogen (secondary N) is 2. The minimum Gasteiger partial charge on any atom is -0.249 e. The van der Waals surface area contributed by atoms with Gasteiger partial charge in [-0.3, -0.25) is 0 Å². The van der Waals surface area contributed by atoms with Crippen molar-refractivity contribution >= 4 is 41.7 Å². The molecule has 0 spiro atoms. The third kappa shape index (κ3) is 2.75. The minimum absolute atomic E-state index is 0.348. The van der Waals surface area contributed by atoms with Crippen molar-refractivity contribution in [2.75, 3.05) is 7.05 Å². The maximum atomic E-state index is 7.11. The molecule has 5 nitrogen and oxygen atoms in total. The molecule has 0 heterocycles. The predicted octanol–water partition coefficient (Wildman–Crippen LogP) is 1.08. The Balaban J connectivity index is 3.05. The van der Waals surface area contributed by atoms with Crippen LogP contribution in [-0.4, -0.2) is 7.05 Å². The van der Waals surface area contributed by atoms with Gasteiger partial charge in [-0.1, -0.05) is 15.3 Å². The average Bonchev–Trinajstić information content (AvgIpc) is 2.18. The maximum absolute atomic E-state index is 7.11. The SMILES string of the molecule is CN[N+](N)(OI=N)c1cccc(P)c1. The molecule has 0 radical (unpaired) electrons. The number of hydrogen-bond acceptors (Lipinski definition) is 4. The minimum atomic E-state index is -1.10. The Hall–Kier alpha value is 0.0200. The first-order chi connectivity index (χ1) is 6.62. The molecule has 1 rings (SSSR count). The number of nitrogens with two attached hydrogens (primary N) is 1. The van der Waals surface area contributed by atoms with Crippen LogP contribution in [0.5, 0.6) is 0 Å². The summed E-state index contributed by atoms with van der Waals surface area (Å²) >= 11 is -1.10. The number of rotatable bonds is 4. The van der Waals surface area contributed by atoms with Crippen LogP contribution in [0.2, 0.25) is 0 Å². The van der Waals surface area contributed by atoms with E-state index in [4.69, 9.17) is 12.6 Å². The molecule has 0 aliphatic rings. The van der Waals surface area contributed by atoms with E-state index in [1.165, 1.54) is 0 Å². The Bertz CT molecular complexity index is 337. The van der Waals surface area contributed by atoms with Crippen LogP contribution in [0.15, 0.2) is 24.3 Å². The first-order valence-corrected chi connectivity index (χ1v) is 6.38. The van der Waals surface area contributed by atoms with Crippen LogP contribution < -0.4 is 21.4 Å². The lowest BCUT2D eigenvalue weighted by atomic mass is 10.3. The number of hydrogen-bond donors (Lipinski definition) is 3. The van der Waals surface area contributed by atoms with Crippen molar-refractivity contribution < 1.29 is 3.17 Å². The molecule has 7 heteroatoms. The van der Waals surface area contributed by atoms with Crippen molar-refractivity contribution in [3.8, 4) is 0 Å². The highest BCUT2D eigenvalue weighted by molar-refractivity contribution is 14.1. The zero-order valence-electron chi connectivity index (χ0n) is 7.70. The van der Waals surface area contributed by atoms with E-state index in [9.17, 15) is 0 Å². The van der Waals surface area contributed by atoms with Crippen LogP contribution in [-0.2, 0) is 3.17 Å². The van der Waals surface area contributed by atoms with Gasteiger partial charge in [-0.15, -0.1) is 20.5 Å². The molecule has 0 bridgehead atoms. The lowest BCUT2D eigenvalue weighted by molar-refractivity contribution is -0.0471. The first-order valence-electron chi connectivity index (χ1n) is 3.84. The summed E-state index contributed by atoms with van der Waals surface area (Å²) in [7, 11) is 4.28. The van der Waals surface area contributed by atoms with Gasteiger partial charge in [0.2, 0.25) is 27.1 Å². The van der Waals surface area contributed by atoms with Crippen LogP contribution in [0.1, 0.15) is 0 Å². The number of nitrogens with zero attached hydrogens (tertiary/aromatic N) is 1. The highest BCUT2D eigenvalue weighted by Gasteiger charge is 2.27. The molecule has 0 saturated heterocycles. The van der Waals surface area contributed by atoms with Gasteiger partial charge in [-0.2, -0.15) is 0 Å². The molecule has 0 saturated carbocycles. The second-order valence-electron chi connectivity index (χ2n) is 2.62. The van der Waals surface area contributed by atoms with Crippen LogP contribution in [0.4, 0.5) is 5.69 Å². The topological polar surface area (TPSA) is 71.1 Å². The standard InChI is InChI=1S/C7H13IN4OP/c1-11-12(10,13-8-9)6-3-2-4-7(14)5-6/h2-5,9,11H,10,14H2,1H3/q+1. The summed E-state index contributed by atoms with van der Waals surface area (Å²) < 4.78 is 12.3. The molecule has 0 amide bonds. The third-order valence-corrected chi connectivity index (χ3v) is 2.91. The van der Waals surface area contributed by atoms with Gasteiger partial charge in [-0.05, 0) is 5.30 Å². The molecule has 78 valence electrons. The average molecular weight is 327 g/mol. The van der Waals surface area contributed by atoms with E-state index in [1.54, 1.807) is 7.05 Å². The smallest absolute Gasteiger partial charge is 0.235 e.